The van der Waals surface area contributed by atoms with Crippen LogP contribution in [0, 0.1) is 17.0 Å². The number of carbonyl (C=O) groups is 1. The van der Waals surface area contributed by atoms with Crippen LogP contribution in [0.2, 0.25) is 0 Å². The third-order valence-corrected chi connectivity index (χ3v) is 3.16. The number of benzene rings is 1. The van der Waals surface area contributed by atoms with Crippen LogP contribution in [0.4, 0.5) is 5.69 Å². The van der Waals surface area contributed by atoms with Crippen LogP contribution < -0.4 is 9.88 Å². The van der Waals surface area contributed by atoms with Crippen molar-refractivity contribution in [3.05, 3.63) is 27.8 Å². The zero-order valence-electron chi connectivity index (χ0n) is 9.69. The summed E-state index contributed by atoms with van der Waals surface area (Å²) in [5.41, 5.74) is -0.552. The van der Waals surface area contributed by atoms with Crippen LogP contribution in [0.15, 0.2) is 17.0 Å². The summed E-state index contributed by atoms with van der Waals surface area (Å²) in [5, 5.41) is 24.2. The van der Waals surface area contributed by atoms with Crippen LogP contribution in [-0.4, -0.2) is 31.0 Å². The highest BCUT2D eigenvalue weighted by Gasteiger charge is 2.23. The van der Waals surface area contributed by atoms with Gasteiger partial charge in [0, 0.05) is 6.07 Å². The van der Waals surface area contributed by atoms with Gasteiger partial charge in [-0.2, -0.15) is 0 Å². The molecule has 0 saturated carbocycles. The normalized spacial score (nSPS) is 11.1. The van der Waals surface area contributed by atoms with Gasteiger partial charge in [0.05, 0.1) is 9.82 Å². The van der Waals surface area contributed by atoms with Crippen molar-refractivity contribution < 1.29 is 28.0 Å². The first-order chi connectivity index (χ1) is 8.62. The summed E-state index contributed by atoms with van der Waals surface area (Å²) in [6.45, 7) is 0.575. The molecule has 1 aromatic rings. The van der Waals surface area contributed by atoms with Gasteiger partial charge in [-0.1, -0.05) is 0 Å². The van der Waals surface area contributed by atoms with Crippen molar-refractivity contribution in [3.8, 4) is 5.75 Å². The quantitative estimate of drug-likeness (QED) is 0.572. The summed E-state index contributed by atoms with van der Waals surface area (Å²) in [6, 6.07) is 1.79. The second-order valence-electron chi connectivity index (χ2n) is 3.57. The van der Waals surface area contributed by atoms with Crippen LogP contribution in [-0.2, 0) is 14.8 Å². The number of ether oxygens (including phenoxy) is 1. The summed E-state index contributed by atoms with van der Waals surface area (Å²) in [4.78, 5) is 19.9. The number of rotatable bonds is 5. The molecule has 0 unspecified atom stereocenters. The monoisotopic (exact) mass is 290 g/mol. The van der Waals surface area contributed by atoms with E-state index in [0.29, 0.717) is 0 Å². The SMILES string of the molecule is Cc1cc(OCC(=O)O)c([N+](=O)[O-])cc1S(N)(=O)=O. The van der Waals surface area contributed by atoms with Crippen LogP contribution in [0.25, 0.3) is 0 Å². The number of carboxylic acid groups (broad SMARTS) is 1. The van der Waals surface area contributed by atoms with Gasteiger partial charge < -0.3 is 9.84 Å². The van der Waals surface area contributed by atoms with Crippen molar-refractivity contribution >= 4 is 21.7 Å². The minimum atomic E-state index is -4.11. The number of nitrogens with two attached hydrogens (primary N) is 1. The van der Waals surface area contributed by atoms with Crippen LogP contribution in [0.3, 0.4) is 0 Å². The molecule has 0 atom stereocenters. The number of carboxylic acids is 1. The molecule has 0 bridgehead atoms. The maximum Gasteiger partial charge on any atom is 0.341 e. The largest absolute Gasteiger partial charge is 0.479 e. The van der Waals surface area contributed by atoms with E-state index < -0.39 is 38.1 Å². The smallest absolute Gasteiger partial charge is 0.341 e. The molecule has 0 radical (unpaired) electrons. The fraction of sp³-hybridized carbons (Fsp3) is 0.222. The first kappa shape index (κ1) is 14.9. The molecule has 10 heteroatoms. The lowest BCUT2D eigenvalue weighted by Gasteiger charge is -2.08. The standard InChI is InChI=1S/C9H10N2O7S/c1-5-2-7(18-4-9(12)13)6(11(14)15)3-8(5)19(10,16)17/h2-3H,4H2,1H3,(H,12,13)(H2,10,16,17). The second kappa shape index (κ2) is 5.20. The zero-order valence-corrected chi connectivity index (χ0v) is 10.5. The molecule has 0 saturated heterocycles. The predicted octanol–water partition coefficient (Wildman–Crippen LogP) is 0.0140. The number of nitro groups is 1. The Kier molecular flexibility index (Phi) is 4.07. The average Bonchev–Trinajstić information content (AvgIpc) is 2.23. The Labute approximate surface area is 107 Å². The maximum atomic E-state index is 11.2. The van der Waals surface area contributed by atoms with Crippen molar-refractivity contribution in [1.82, 2.24) is 0 Å². The van der Waals surface area contributed by atoms with Crippen molar-refractivity contribution in [2.45, 2.75) is 11.8 Å². The summed E-state index contributed by atoms with van der Waals surface area (Å²) in [5.74, 6) is -1.65. The molecule has 3 N–H and O–H groups in total. The number of nitro benzene ring substituents is 1. The van der Waals surface area contributed by atoms with Gasteiger partial charge in [0.2, 0.25) is 10.0 Å². The van der Waals surface area contributed by atoms with Gasteiger partial charge in [0.25, 0.3) is 0 Å². The Hall–Kier alpha value is -2.20. The van der Waals surface area contributed by atoms with E-state index in [1.807, 2.05) is 0 Å². The lowest BCUT2D eigenvalue weighted by molar-refractivity contribution is -0.386. The molecule has 19 heavy (non-hydrogen) atoms. The number of aliphatic carboxylic acids is 1. The van der Waals surface area contributed by atoms with Crippen LogP contribution >= 0.6 is 0 Å². The lowest BCUT2D eigenvalue weighted by Crippen LogP contribution is -2.15. The Morgan fingerprint density at radius 1 is 1.53 bits per heavy atom. The molecule has 9 nitrogen and oxygen atoms in total. The van der Waals surface area contributed by atoms with Gasteiger partial charge in [-0.3, -0.25) is 10.1 Å². The Bertz CT molecular complexity index is 638. The number of sulfonamides is 1. The molecular weight excluding hydrogens is 280 g/mol. The molecule has 104 valence electrons. The minimum Gasteiger partial charge on any atom is -0.479 e. The molecule has 0 heterocycles. The molecule has 0 fully saturated rings. The van der Waals surface area contributed by atoms with Gasteiger partial charge in [0.15, 0.2) is 12.4 Å². The Morgan fingerprint density at radius 2 is 2.11 bits per heavy atom. The first-order valence-corrected chi connectivity index (χ1v) is 6.34. The van der Waals surface area contributed by atoms with Crippen molar-refractivity contribution in [3.63, 3.8) is 0 Å². The number of nitrogens with zero attached hydrogens (tertiary/aromatic N) is 1. The highest BCUT2D eigenvalue weighted by Crippen LogP contribution is 2.32. The van der Waals surface area contributed by atoms with Crippen LogP contribution in [0.5, 0.6) is 5.75 Å². The van der Waals surface area contributed by atoms with Crippen molar-refractivity contribution in [2.24, 2.45) is 5.14 Å². The van der Waals surface area contributed by atoms with Crippen molar-refractivity contribution in [1.29, 1.82) is 0 Å². The van der Waals surface area contributed by atoms with Crippen molar-refractivity contribution in [2.75, 3.05) is 6.61 Å². The van der Waals surface area contributed by atoms with E-state index in [9.17, 15) is 23.3 Å². The number of aryl methyl sites for hydroxylation is 1. The summed E-state index contributed by atoms with van der Waals surface area (Å²) in [6.07, 6.45) is 0. The van der Waals surface area contributed by atoms with Gasteiger partial charge in [-0.25, -0.2) is 18.4 Å². The molecule has 0 aliphatic heterocycles. The fourth-order valence-corrected chi connectivity index (χ4v) is 2.14. The summed E-state index contributed by atoms with van der Waals surface area (Å²) in [7, 11) is -4.11. The van der Waals surface area contributed by atoms with E-state index in [2.05, 4.69) is 0 Å². The maximum absolute atomic E-state index is 11.2. The molecule has 0 aromatic heterocycles. The third-order valence-electron chi connectivity index (χ3n) is 2.11. The van der Waals surface area contributed by atoms with E-state index in [0.717, 1.165) is 12.1 Å². The van der Waals surface area contributed by atoms with Gasteiger partial charge in [0.1, 0.15) is 0 Å². The van der Waals surface area contributed by atoms with Gasteiger partial charge in [-0.15, -0.1) is 0 Å². The topological polar surface area (TPSA) is 150 Å². The lowest BCUT2D eigenvalue weighted by atomic mass is 10.2. The number of hydrogen-bond acceptors (Lipinski definition) is 6. The number of primary sulfonamides is 1. The highest BCUT2D eigenvalue weighted by molar-refractivity contribution is 7.89. The van der Waals surface area contributed by atoms with Gasteiger partial charge >= 0.3 is 11.7 Å². The molecule has 0 spiro atoms. The fourth-order valence-electron chi connectivity index (χ4n) is 1.36. The second-order valence-corrected chi connectivity index (χ2v) is 5.10. The molecule has 0 amide bonds. The van der Waals surface area contributed by atoms with Gasteiger partial charge in [-0.05, 0) is 18.6 Å². The minimum absolute atomic E-state index is 0.119. The third kappa shape index (κ3) is 3.63. The van der Waals surface area contributed by atoms with Crippen LogP contribution in [0.1, 0.15) is 5.56 Å². The molecule has 1 rings (SSSR count). The molecule has 0 aliphatic carbocycles. The van der Waals surface area contributed by atoms with E-state index in [1.54, 1.807) is 0 Å². The van der Waals surface area contributed by atoms with E-state index in [4.69, 9.17) is 15.0 Å². The Balaban J connectivity index is 3.38. The molecular formula is C9H10N2O7S. The first-order valence-electron chi connectivity index (χ1n) is 4.79. The van der Waals surface area contributed by atoms with E-state index in [-0.39, 0.29) is 11.3 Å². The highest BCUT2D eigenvalue weighted by atomic mass is 32.2. The average molecular weight is 290 g/mol. The van der Waals surface area contributed by atoms with E-state index >= 15 is 0 Å². The predicted molar refractivity (Wildman–Crippen MR) is 62.3 cm³/mol. The number of hydrogen-bond donors (Lipinski definition) is 2. The van der Waals surface area contributed by atoms with E-state index in [1.165, 1.54) is 6.92 Å². The Morgan fingerprint density at radius 3 is 2.53 bits per heavy atom. The summed E-state index contributed by atoms with van der Waals surface area (Å²) < 4.78 is 27.2. The zero-order chi connectivity index (χ0) is 14.8. The summed E-state index contributed by atoms with van der Waals surface area (Å²) >= 11 is 0. The molecule has 1 aromatic carbocycles. The molecule has 0 aliphatic rings.